The summed E-state index contributed by atoms with van der Waals surface area (Å²) in [6.07, 6.45) is 0. The third-order valence-electron chi connectivity index (χ3n) is 8.45. The maximum atomic E-state index is 6.27. The van der Waals surface area contributed by atoms with Gasteiger partial charge in [-0.1, -0.05) is 103 Å². The first-order valence-corrected chi connectivity index (χ1v) is 15.3. The van der Waals surface area contributed by atoms with Crippen molar-refractivity contribution in [1.82, 2.24) is 0 Å². The number of hydrogen-bond donors (Lipinski definition) is 0. The number of rotatable bonds is 4. The lowest BCUT2D eigenvalue weighted by Crippen LogP contribution is -2.11. The van der Waals surface area contributed by atoms with Crippen LogP contribution in [0.3, 0.4) is 0 Å². The largest absolute Gasteiger partial charge is 0.456 e. The average Bonchev–Trinajstić information content (AvgIpc) is 3.64. The Bertz CT molecular complexity index is 2470. The molecule has 3 heteroatoms. The normalized spacial score (nSPS) is 11.7. The molecule has 0 aliphatic carbocycles. The summed E-state index contributed by atoms with van der Waals surface area (Å²) in [5.41, 5.74) is 7.57. The molecule has 0 saturated carbocycles. The predicted octanol–water partition coefficient (Wildman–Crippen LogP) is 12.2. The predicted molar refractivity (Wildman–Crippen MR) is 184 cm³/mol. The van der Waals surface area contributed by atoms with Crippen LogP contribution in [0.1, 0.15) is 0 Å². The summed E-state index contributed by atoms with van der Waals surface area (Å²) in [6, 6.07) is 54.3. The molecule has 0 amide bonds. The zero-order chi connectivity index (χ0) is 28.3. The van der Waals surface area contributed by atoms with Crippen molar-refractivity contribution in [3.8, 4) is 11.1 Å². The minimum absolute atomic E-state index is 0.911. The maximum Gasteiger partial charge on any atom is 0.136 e. The molecule has 0 N–H and O–H groups in total. The molecule has 0 fully saturated rings. The highest BCUT2D eigenvalue weighted by atomic mass is 32.1. The van der Waals surface area contributed by atoms with E-state index in [2.05, 4.69) is 144 Å². The van der Waals surface area contributed by atoms with Gasteiger partial charge < -0.3 is 9.32 Å². The SMILES string of the molecule is c1ccc(-c2ccccc2N(c2ccc3c(c2)sc2ccccc23)c2ccc3ccc4oc5ccccc5c4c3c2)cc1. The number of para-hydroxylation sites is 2. The van der Waals surface area contributed by atoms with Crippen LogP contribution in [0.5, 0.6) is 0 Å². The average molecular weight is 568 g/mol. The number of thiophene rings is 1. The number of fused-ring (bicyclic) bond motifs is 8. The van der Waals surface area contributed by atoms with Gasteiger partial charge in [-0.05, 0) is 64.9 Å². The quantitative estimate of drug-likeness (QED) is 0.210. The Morgan fingerprint density at radius 3 is 2.09 bits per heavy atom. The second-order valence-corrected chi connectivity index (χ2v) is 12.0. The molecule has 0 radical (unpaired) electrons. The molecule has 2 nitrogen and oxygen atoms in total. The van der Waals surface area contributed by atoms with Crippen LogP contribution in [0, 0.1) is 0 Å². The van der Waals surface area contributed by atoms with E-state index in [1.54, 1.807) is 0 Å². The lowest BCUT2D eigenvalue weighted by Gasteiger charge is -2.28. The van der Waals surface area contributed by atoms with E-state index in [4.69, 9.17) is 4.42 Å². The van der Waals surface area contributed by atoms with E-state index in [0.29, 0.717) is 0 Å². The molecule has 0 aliphatic rings. The van der Waals surface area contributed by atoms with Gasteiger partial charge >= 0.3 is 0 Å². The molecule has 0 unspecified atom stereocenters. The van der Waals surface area contributed by atoms with E-state index in [1.807, 2.05) is 23.5 Å². The van der Waals surface area contributed by atoms with Crippen molar-refractivity contribution in [2.24, 2.45) is 0 Å². The van der Waals surface area contributed by atoms with Crippen LogP contribution >= 0.6 is 11.3 Å². The smallest absolute Gasteiger partial charge is 0.136 e. The first-order valence-electron chi connectivity index (χ1n) is 14.5. The highest BCUT2D eigenvalue weighted by Crippen LogP contribution is 2.45. The molecule has 7 aromatic carbocycles. The van der Waals surface area contributed by atoms with Gasteiger partial charge in [0.25, 0.3) is 0 Å². The maximum absolute atomic E-state index is 6.27. The molecule has 0 bridgehead atoms. The van der Waals surface area contributed by atoms with Gasteiger partial charge in [-0.15, -0.1) is 11.3 Å². The second kappa shape index (κ2) is 9.59. The number of hydrogen-bond acceptors (Lipinski definition) is 3. The Kier molecular flexibility index (Phi) is 5.40. The van der Waals surface area contributed by atoms with Gasteiger partial charge in [-0.2, -0.15) is 0 Å². The Hall–Kier alpha value is -5.38. The van der Waals surface area contributed by atoms with Crippen LogP contribution in [0.4, 0.5) is 17.1 Å². The van der Waals surface area contributed by atoms with Crippen LogP contribution in [0.25, 0.3) is 64.0 Å². The van der Waals surface area contributed by atoms with E-state index in [0.717, 1.165) is 39.0 Å². The Balaban J connectivity index is 1.33. The number of furan rings is 1. The molecular weight excluding hydrogens is 543 g/mol. The number of anilines is 3. The van der Waals surface area contributed by atoms with E-state index >= 15 is 0 Å². The minimum atomic E-state index is 0.911. The van der Waals surface area contributed by atoms with Crippen molar-refractivity contribution in [1.29, 1.82) is 0 Å². The summed E-state index contributed by atoms with van der Waals surface area (Å²) in [5, 5.41) is 7.29. The van der Waals surface area contributed by atoms with Crippen molar-refractivity contribution in [3.05, 3.63) is 152 Å². The lowest BCUT2D eigenvalue weighted by molar-refractivity contribution is 0.669. The first kappa shape index (κ1) is 24.2. The van der Waals surface area contributed by atoms with Crippen molar-refractivity contribution < 1.29 is 4.42 Å². The van der Waals surface area contributed by atoms with E-state index in [9.17, 15) is 0 Å². The Morgan fingerprint density at radius 1 is 0.465 bits per heavy atom. The molecule has 43 heavy (non-hydrogen) atoms. The van der Waals surface area contributed by atoms with E-state index in [1.165, 1.54) is 42.1 Å². The molecule has 0 atom stereocenters. The second-order valence-electron chi connectivity index (χ2n) is 10.9. The van der Waals surface area contributed by atoms with Gasteiger partial charge in [-0.3, -0.25) is 0 Å². The molecule has 9 rings (SSSR count). The fourth-order valence-corrected chi connectivity index (χ4v) is 7.62. The van der Waals surface area contributed by atoms with Crippen LogP contribution in [-0.4, -0.2) is 0 Å². The highest BCUT2D eigenvalue weighted by molar-refractivity contribution is 7.25. The zero-order valence-corrected chi connectivity index (χ0v) is 24.0. The van der Waals surface area contributed by atoms with Crippen molar-refractivity contribution in [2.45, 2.75) is 0 Å². The highest BCUT2D eigenvalue weighted by Gasteiger charge is 2.20. The van der Waals surface area contributed by atoms with Crippen molar-refractivity contribution >= 4 is 81.3 Å². The van der Waals surface area contributed by atoms with Crippen LogP contribution < -0.4 is 4.90 Å². The van der Waals surface area contributed by atoms with Gasteiger partial charge in [0.15, 0.2) is 0 Å². The van der Waals surface area contributed by atoms with Gasteiger partial charge in [-0.25, -0.2) is 0 Å². The molecule has 0 aliphatic heterocycles. The van der Waals surface area contributed by atoms with Gasteiger partial charge in [0.2, 0.25) is 0 Å². The van der Waals surface area contributed by atoms with Crippen LogP contribution in [-0.2, 0) is 0 Å². The Morgan fingerprint density at radius 2 is 1.16 bits per heavy atom. The summed E-state index contributed by atoms with van der Waals surface area (Å²) in [4.78, 5) is 2.41. The van der Waals surface area contributed by atoms with E-state index in [-0.39, 0.29) is 0 Å². The van der Waals surface area contributed by atoms with Gasteiger partial charge in [0.1, 0.15) is 11.2 Å². The third-order valence-corrected chi connectivity index (χ3v) is 9.59. The summed E-state index contributed by atoms with van der Waals surface area (Å²) in [5.74, 6) is 0. The summed E-state index contributed by atoms with van der Waals surface area (Å²) < 4.78 is 8.87. The first-order chi connectivity index (χ1) is 21.3. The fourth-order valence-electron chi connectivity index (χ4n) is 6.48. The number of nitrogens with zero attached hydrogens (tertiary/aromatic N) is 1. The van der Waals surface area contributed by atoms with Gasteiger partial charge in [0.05, 0.1) is 5.69 Å². The molecule has 9 aromatic rings. The molecule has 2 aromatic heterocycles. The van der Waals surface area contributed by atoms with Crippen molar-refractivity contribution in [3.63, 3.8) is 0 Å². The molecule has 0 spiro atoms. The molecule has 0 saturated heterocycles. The summed E-state index contributed by atoms with van der Waals surface area (Å²) in [6.45, 7) is 0. The Labute approximate surface area is 252 Å². The zero-order valence-electron chi connectivity index (χ0n) is 23.2. The fraction of sp³-hybridized carbons (Fsp3) is 0. The van der Waals surface area contributed by atoms with Crippen molar-refractivity contribution in [2.75, 3.05) is 4.90 Å². The van der Waals surface area contributed by atoms with Gasteiger partial charge in [0, 0.05) is 47.9 Å². The lowest BCUT2D eigenvalue weighted by atomic mass is 10.00. The minimum Gasteiger partial charge on any atom is -0.456 e. The monoisotopic (exact) mass is 567 g/mol. The topological polar surface area (TPSA) is 16.4 Å². The third kappa shape index (κ3) is 3.86. The molecule has 202 valence electrons. The summed E-state index contributed by atoms with van der Waals surface area (Å²) in [7, 11) is 0. The van der Waals surface area contributed by atoms with Crippen LogP contribution in [0.15, 0.2) is 156 Å². The van der Waals surface area contributed by atoms with E-state index < -0.39 is 0 Å². The van der Waals surface area contributed by atoms with Crippen LogP contribution in [0.2, 0.25) is 0 Å². The standard InChI is InChI=1S/C40H25NOS/c1-2-10-26(11-3-1)30-12-4-7-15-35(30)41(29-21-22-32-31-13-6-9-17-38(31)43-39(32)25-29)28-20-18-27-19-23-37-40(34(27)24-28)33-14-5-8-16-36(33)42-37/h1-25H. The number of benzene rings is 7. The molecular formula is C40H25NOS. The summed E-state index contributed by atoms with van der Waals surface area (Å²) >= 11 is 1.85. The molecule has 2 heterocycles.